The van der Waals surface area contributed by atoms with E-state index >= 15 is 0 Å². The van der Waals surface area contributed by atoms with Gasteiger partial charge in [-0.3, -0.25) is 9.59 Å². The maximum atomic E-state index is 11.9. The van der Waals surface area contributed by atoms with Crippen LogP contribution in [0.3, 0.4) is 0 Å². The Labute approximate surface area is 159 Å². The second kappa shape index (κ2) is 10.9. The largest absolute Gasteiger partial charge is 0.497 e. The van der Waals surface area contributed by atoms with Gasteiger partial charge in [-0.15, -0.1) is 0 Å². The van der Waals surface area contributed by atoms with Crippen LogP contribution in [-0.4, -0.2) is 39.1 Å². The maximum Gasteiger partial charge on any atom is 0.224 e. The molecule has 0 saturated heterocycles. The molecule has 0 aliphatic carbocycles. The SMILES string of the molecule is COc1ccc(OC)c(CCNC(=O)CCNC(=O)Cc2ccccc2)c1. The number of hydrogen-bond donors (Lipinski definition) is 2. The van der Waals surface area contributed by atoms with E-state index in [4.69, 9.17) is 9.47 Å². The number of carbonyl (C=O) groups excluding carboxylic acids is 2. The molecule has 0 unspecified atom stereocenters. The fourth-order valence-electron chi connectivity index (χ4n) is 2.66. The molecule has 0 spiro atoms. The first-order valence-corrected chi connectivity index (χ1v) is 8.90. The lowest BCUT2D eigenvalue weighted by Gasteiger charge is -2.11. The van der Waals surface area contributed by atoms with Crippen LogP contribution in [0.2, 0.25) is 0 Å². The maximum absolute atomic E-state index is 11.9. The third-order valence-corrected chi connectivity index (χ3v) is 4.09. The number of hydrogen-bond acceptors (Lipinski definition) is 4. The van der Waals surface area contributed by atoms with Crippen molar-refractivity contribution < 1.29 is 19.1 Å². The van der Waals surface area contributed by atoms with Gasteiger partial charge in [0.25, 0.3) is 0 Å². The molecule has 0 bridgehead atoms. The highest BCUT2D eigenvalue weighted by Crippen LogP contribution is 2.24. The van der Waals surface area contributed by atoms with Crippen LogP contribution in [-0.2, 0) is 22.4 Å². The van der Waals surface area contributed by atoms with Gasteiger partial charge in [-0.25, -0.2) is 0 Å². The first-order chi connectivity index (χ1) is 13.1. The van der Waals surface area contributed by atoms with Crippen LogP contribution in [0, 0.1) is 0 Å². The molecule has 2 aromatic rings. The molecule has 0 aliphatic heterocycles. The molecule has 6 heteroatoms. The van der Waals surface area contributed by atoms with Crippen molar-refractivity contribution in [1.82, 2.24) is 10.6 Å². The minimum Gasteiger partial charge on any atom is -0.497 e. The third kappa shape index (κ3) is 7.01. The molecular formula is C21H26N2O4. The molecule has 0 fully saturated rings. The fourth-order valence-corrected chi connectivity index (χ4v) is 2.66. The average molecular weight is 370 g/mol. The van der Waals surface area contributed by atoms with Crippen molar-refractivity contribution in [3.8, 4) is 11.5 Å². The molecule has 2 aromatic carbocycles. The summed E-state index contributed by atoms with van der Waals surface area (Å²) in [4.78, 5) is 23.8. The van der Waals surface area contributed by atoms with Crippen molar-refractivity contribution in [2.75, 3.05) is 27.3 Å². The highest BCUT2D eigenvalue weighted by molar-refractivity contribution is 5.80. The minimum absolute atomic E-state index is 0.0879. The highest BCUT2D eigenvalue weighted by Gasteiger charge is 2.08. The molecule has 6 nitrogen and oxygen atoms in total. The van der Waals surface area contributed by atoms with E-state index in [1.54, 1.807) is 14.2 Å². The predicted octanol–water partition coefficient (Wildman–Crippen LogP) is 2.11. The molecule has 0 aromatic heterocycles. The first kappa shape index (κ1) is 20.3. The molecular weight excluding hydrogens is 344 g/mol. The van der Waals surface area contributed by atoms with Gasteiger partial charge in [-0.05, 0) is 35.7 Å². The van der Waals surface area contributed by atoms with Crippen LogP contribution in [0.15, 0.2) is 48.5 Å². The van der Waals surface area contributed by atoms with Crippen LogP contribution in [0.25, 0.3) is 0 Å². The van der Waals surface area contributed by atoms with Gasteiger partial charge >= 0.3 is 0 Å². The summed E-state index contributed by atoms with van der Waals surface area (Å²) in [7, 11) is 3.22. The fraction of sp³-hybridized carbons (Fsp3) is 0.333. The topological polar surface area (TPSA) is 76.7 Å². The normalized spacial score (nSPS) is 10.1. The zero-order valence-corrected chi connectivity index (χ0v) is 15.8. The number of benzene rings is 2. The van der Waals surface area contributed by atoms with Gasteiger partial charge in [0, 0.05) is 19.5 Å². The Morgan fingerprint density at radius 1 is 0.889 bits per heavy atom. The molecule has 2 amide bonds. The Hall–Kier alpha value is -3.02. The Bertz CT molecular complexity index is 747. The average Bonchev–Trinajstić information content (AvgIpc) is 2.68. The molecule has 2 N–H and O–H groups in total. The number of amides is 2. The summed E-state index contributed by atoms with van der Waals surface area (Å²) >= 11 is 0. The second-order valence-electron chi connectivity index (χ2n) is 6.04. The van der Waals surface area contributed by atoms with E-state index in [0.29, 0.717) is 25.9 Å². The van der Waals surface area contributed by atoms with Crippen LogP contribution < -0.4 is 20.1 Å². The van der Waals surface area contributed by atoms with E-state index in [0.717, 1.165) is 22.6 Å². The number of rotatable bonds is 10. The van der Waals surface area contributed by atoms with E-state index in [-0.39, 0.29) is 18.2 Å². The van der Waals surface area contributed by atoms with Crippen molar-refractivity contribution in [1.29, 1.82) is 0 Å². The van der Waals surface area contributed by atoms with E-state index in [2.05, 4.69) is 10.6 Å². The Morgan fingerprint density at radius 2 is 1.63 bits per heavy atom. The van der Waals surface area contributed by atoms with Gasteiger partial charge in [-0.2, -0.15) is 0 Å². The molecule has 2 rings (SSSR count). The second-order valence-corrected chi connectivity index (χ2v) is 6.04. The molecule has 0 atom stereocenters. The Balaban J connectivity index is 1.67. The smallest absolute Gasteiger partial charge is 0.224 e. The van der Waals surface area contributed by atoms with Crippen molar-refractivity contribution in [2.45, 2.75) is 19.3 Å². The van der Waals surface area contributed by atoms with Crippen molar-refractivity contribution >= 4 is 11.8 Å². The highest BCUT2D eigenvalue weighted by atomic mass is 16.5. The number of nitrogens with one attached hydrogen (secondary N) is 2. The monoisotopic (exact) mass is 370 g/mol. The van der Waals surface area contributed by atoms with Gasteiger partial charge < -0.3 is 20.1 Å². The van der Waals surface area contributed by atoms with Crippen LogP contribution in [0.4, 0.5) is 0 Å². The summed E-state index contributed by atoms with van der Waals surface area (Å²) in [5.74, 6) is 1.32. The Morgan fingerprint density at radius 3 is 2.33 bits per heavy atom. The van der Waals surface area contributed by atoms with E-state index in [1.165, 1.54) is 0 Å². The zero-order valence-electron chi connectivity index (χ0n) is 15.8. The molecule has 0 aliphatic rings. The van der Waals surface area contributed by atoms with Gasteiger partial charge in [0.05, 0.1) is 20.6 Å². The quantitative estimate of drug-likeness (QED) is 0.672. The van der Waals surface area contributed by atoms with E-state index < -0.39 is 0 Å². The summed E-state index contributed by atoms with van der Waals surface area (Å²) in [6.45, 7) is 0.806. The van der Waals surface area contributed by atoms with Crippen molar-refractivity contribution in [2.24, 2.45) is 0 Å². The summed E-state index contributed by atoms with van der Waals surface area (Å²) in [6.07, 6.45) is 1.19. The molecule has 144 valence electrons. The van der Waals surface area contributed by atoms with Crippen molar-refractivity contribution in [3.05, 3.63) is 59.7 Å². The molecule has 0 radical (unpaired) electrons. The summed E-state index contributed by atoms with van der Waals surface area (Å²) in [6, 6.07) is 15.1. The Kier molecular flexibility index (Phi) is 8.16. The van der Waals surface area contributed by atoms with Crippen LogP contribution >= 0.6 is 0 Å². The summed E-state index contributed by atoms with van der Waals surface area (Å²) < 4.78 is 10.5. The lowest BCUT2D eigenvalue weighted by molar-refractivity contribution is -0.122. The van der Waals surface area contributed by atoms with Crippen molar-refractivity contribution in [3.63, 3.8) is 0 Å². The van der Waals surface area contributed by atoms with Crippen LogP contribution in [0.1, 0.15) is 17.5 Å². The summed E-state index contributed by atoms with van der Waals surface area (Å²) in [5, 5.41) is 5.62. The van der Waals surface area contributed by atoms with Crippen LogP contribution in [0.5, 0.6) is 11.5 Å². The zero-order chi connectivity index (χ0) is 19.5. The number of carbonyl (C=O) groups is 2. The third-order valence-electron chi connectivity index (χ3n) is 4.09. The van der Waals surface area contributed by atoms with Gasteiger partial charge in [-0.1, -0.05) is 30.3 Å². The van der Waals surface area contributed by atoms with E-state index in [1.807, 2.05) is 48.5 Å². The first-order valence-electron chi connectivity index (χ1n) is 8.90. The predicted molar refractivity (Wildman–Crippen MR) is 104 cm³/mol. The van der Waals surface area contributed by atoms with E-state index in [9.17, 15) is 9.59 Å². The van der Waals surface area contributed by atoms with Gasteiger partial charge in [0.1, 0.15) is 11.5 Å². The number of ether oxygens (including phenoxy) is 2. The lowest BCUT2D eigenvalue weighted by atomic mass is 10.1. The lowest BCUT2D eigenvalue weighted by Crippen LogP contribution is -2.32. The van der Waals surface area contributed by atoms with Gasteiger partial charge in [0.15, 0.2) is 0 Å². The molecule has 0 saturated carbocycles. The number of methoxy groups -OCH3 is 2. The van der Waals surface area contributed by atoms with Gasteiger partial charge in [0.2, 0.25) is 11.8 Å². The standard InChI is InChI=1S/C21H26N2O4/c1-26-18-8-9-19(27-2)17(15-18)10-12-22-20(24)11-13-23-21(25)14-16-6-4-3-5-7-16/h3-9,15H,10-14H2,1-2H3,(H,22,24)(H,23,25). The molecule has 27 heavy (non-hydrogen) atoms. The summed E-state index contributed by atoms with van der Waals surface area (Å²) in [5.41, 5.74) is 1.92. The molecule has 0 heterocycles. The minimum atomic E-state index is -0.100.